The number of hydrogen-bond acceptors (Lipinski definition) is 7. The van der Waals surface area contributed by atoms with Crippen molar-refractivity contribution >= 4 is 63.0 Å². The first-order valence-electron chi connectivity index (χ1n) is 8.99. The Kier molecular flexibility index (Phi) is 6.57. The minimum atomic E-state index is -0.731. The molecule has 31 heavy (non-hydrogen) atoms. The van der Waals surface area contributed by atoms with Gasteiger partial charge in [-0.3, -0.25) is 4.98 Å². The monoisotopic (exact) mass is 493 g/mol. The molecule has 0 N–H and O–H groups in total. The zero-order chi connectivity index (χ0) is 22.0. The molecular formula is C21H14Cl3N3O3S. The molecule has 0 saturated carbocycles. The van der Waals surface area contributed by atoms with Gasteiger partial charge in [-0.15, -0.1) is 11.3 Å². The molecule has 0 fully saturated rings. The average Bonchev–Trinajstić information content (AvgIpc) is 3.30. The van der Waals surface area contributed by atoms with Gasteiger partial charge in [0.25, 0.3) is 0 Å². The summed E-state index contributed by atoms with van der Waals surface area (Å²) in [6.45, 7) is 0. The van der Waals surface area contributed by atoms with E-state index in [2.05, 4.69) is 15.0 Å². The number of carbonyl (C=O) groups is 1. The molecule has 10 heteroatoms. The third-order valence-corrected chi connectivity index (χ3v) is 6.20. The lowest BCUT2D eigenvalue weighted by Gasteiger charge is -2.21. The smallest absolute Gasteiger partial charge is 0.368 e. The van der Waals surface area contributed by atoms with Crippen molar-refractivity contribution in [3.05, 3.63) is 79.6 Å². The minimum absolute atomic E-state index is 0.224. The molecule has 4 rings (SSSR count). The first kappa shape index (κ1) is 21.8. The Bertz CT molecular complexity index is 1230. The van der Waals surface area contributed by atoms with E-state index in [0.29, 0.717) is 37.6 Å². The fourth-order valence-corrected chi connectivity index (χ4v) is 4.36. The molecule has 0 bridgehead atoms. The molecule has 1 unspecified atom stereocenters. The summed E-state index contributed by atoms with van der Waals surface area (Å²) in [6, 6.07) is 7.04. The van der Waals surface area contributed by atoms with E-state index < -0.39 is 12.1 Å². The Balaban J connectivity index is 1.83. The van der Waals surface area contributed by atoms with Crippen LogP contribution >= 0.6 is 46.1 Å². The second kappa shape index (κ2) is 9.36. The molecular weight excluding hydrogens is 481 g/mol. The van der Waals surface area contributed by atoms with E-state index in [9.17, 15) is 4.79 Å². The standard InChI is InChI=1S/C21H14Cl3N3O3S/c1-29-16-4-2-11(12-3-5-18(24)27-19(12)16)17(30-21(28)20-26-6-7-31-20)8-13-14(22)9-25-10-15(13)23/h2-7,9-10,17H,8H2,1H3. The van der Waals surface area contributed by atoms with Crippen LogP contribution in [0.1, 0.15) is 27.0 Å². The zero-order valence-electron chi connectivity index (χ0n) is 16.0. The molecule has 158 valence electrons. The van der Waals surface area contributed by atoms with Crippen molar-refractivity contribution in [2.45, 2.75) is 12.5 Å². The molecule has 6 nitrogen and oxygen atoms in total. The van der Waals surface area contributed by atoms with Crippen molar-refractivity contribution < 1.29 is 14.3 Å². The molecule has 0 saturated heterocycles. The predicted molar refractivity (Wildman–Crippen MR) is 122 cm³/mol. The van der Waals surface area contributed by atoms with Gasteiger partial charge in [0.1, 0.15) is 22.5 Å². The van der Waals surface area contributed by atoms with Crippen molar-refractivity contribution in [3.8, 4) is 5.75 Å². The van der Waals surface area contributed by atoms with Gasteiger partial charge < -0.3 is 9.47 Å². The van der Waals surface area contributed by atoms with Gasteiger partial charge in [-0.05, 0) is 23.8 Å². The van der Waals surface area contributed by atoms with E-state index in [1.165, 1.54) is 23.7 Å². The second-order valence-corrected chi connectivity index (χ2v) is 8.50. The summed E-state index contributed by atoms with van der Waals surface area (Å²) in [5.41, 5.74) is 1.87. The molecule has 0 radical (unpaired) electrons. The number of ether oxygens (including phenoxy) is 2. The molecule has 4 aromatic rings. The number of fused-ring (bicyclic) bond motifs is 1. The van der Waals surface area contributed by atoms with Crippen LogP contribution in [0.25, 0.3) is 10.9 Å². The molecule has 0 amide bonds. The van der Waals surface area contributed by atoms with Crippen molar-refractivity contribution in [2.75, 3.05) is 7.11 Å². The Hall–Kier alpha value is -2.45. The lowest BCUT2D eigenvalue weighted by molar-refractivity contribution is 0.0300. The topological polar surface area (TPSA) is 74.2 Å². The summed E-state index contributed by atoms with van der Waals surface area (Å²) in [5, 5.41) is 3.75. The summed E-state index contributed by atoms with van der Waals surface area (Å²) in [4.78, 5) is 25.2. The van der Waals surface area contributed by atoms with E-state index >= 15 is 0 Å². The maximum absolute atomic E-state index is 12.7. The molecule has 3 aromatic heterocycles. The maximum atomic E-state index is 12.7. The van der Waals surface area contributed by atoms with Gasteiger partial charge in [0.2, 0.25) is 5.01 Å². The number of benzene rings is 1. The normalized spacial score (nSPS) is 12.0. The Morgan fingerprint density at radius 3 is 2.58 bits per heavy atom. The number of methoxy groups -OCH3 is 1. The molecule has 3 heterocycles. The summed E-state index contributed by atoms with van der Waals surface area (Å²) in [5.74, 6) is -0.00147. The first-order valence-corrected chi connectivity index (χ1v) is 11.0. The Labute approximate surface area is 196 Å². The number of carbonyl (C=O) groups excluding carboxylic acids is 1. The minimum Gasteiger partial charge on any atom is -0.494 e. The number of esters is 1. The van der Waals surface area contributed by atoms with Gasteiger partial charge in [-0.2, -0.15) is 0 Å². The highest BCUT2D eigenvalue weighted by molar-refractivity contribution is 7.11. The highest BCUT2D eigenvalue weighted by Gasteiger charge is 2.25. The van der Waals surface area contributed by atoms with Crippen LogP contribution in [0.4, 0.5) is 0 Å². The molecule has 1 atom stereocenters. The SMILES string of the molecule is COc1ccc(C(Cc2c(Cl)cncc2Cl)OC(=O)c2nccs2)c2ccc(Cl)nc12. The van der Waals surface area contributed by atoms with E-state index in [-0.39, 0.29) is 11.4 Å². The highest BCUT2D eigenvalue weighted by Crippen LogP contribution is 2.37. The number of nitrogens with zero attached hydrogens (tertiary/aromatic N) is 3. The molecule has 0 spiro atoms. The largest absolute Gasteiger partial charge is 0.494 e. The number of pyridine rings is 2. The van der Waals surface area contributed by atoms with E-state index in [1.54, 1.807) is 30.8 Å². The average molecular weight is 495 g/mol. The summed E-state index contributed by atoms with van der Waals surface area (Å²) >= 11 is 20.0. The van der Waals surface area contributed by atoms with Crippen LogP contribution < -0.4 is 4.74 Å². The molecule has 0 aliphatic heterocycles. The number of halogens is 3. The lowest BCUT2D eigenvalue weighted by atomic mass is 9.97. The van der Waals surface area contributed by atoms with Crippen LogP contribution in [0.5, 0.6) is 5.75 Å². The van der Waals surface area contributed by atoms with Crippen molar-refractivity contribution in [1.82, 2.24) is 15.0 Å². The number of aromatic nitrogens is 3. The molecule has 0 aliphatic rings. The fraction of sp³-hybridized carbons (Fsp3) is 0.143. The van der Waals surface area contributed by atoms with Crippen LogP contribution in [-0.4, -0.2) is 28.0 Å². The van der Waals surface area contributed by atoms with Gasteiger partial charge in [-0.25, -0.2) is 14.8 Å². The van der Waals surface area contributed by atoms with Crippen LogP contribution in [0.15, 0.2) is 48.2 Å². The quantitative estimate of drug-likeness (QED) is 0.235. The fourth-order valence-electron chi connectivity index (χ4n) is 3.17. The zero-order valence-corrected chi connectivity index (χ0v) is 19.1. The number of hydrogen-bond donors (Lipinski definition) is 0. The van der Waals surface area contributed by atoms with Crippen LogP contribution in [0.3, 0.4) is 0 Å². The molecule has 0 aliphatic carbocycles. The Morgan fingerprint density at radius 2 is 1.90 bits per heavy atom. The van der Waals surface area contributed by atoms with Crippen molar-refractivity contribution in [1.29, 1.82) is 0 Å². The van der Waals surface area contributed by atoms with Gasteiger partial charge >= 0.3 is 5.97 Å². The van der Waals surface area contributed by atoms with Crippen LogP contribution in [-0.2, 0) is 11.2 Å². The third kappa shape index (κ3) is 4.60. The van der Waals surface area contributed by atoms with Crippen molar-refractivity contribution in [3.63, 3.8) is 0 Å². The number of thiazole rings is 1. The molecule has 1 aromatic carbocycles. The summed E-state index contributed by atoms with van der Waals surface area (Å²) in [6.07, 6.45) is 4.03. The van der Waals surface area contributed by atoms with E-state index in [4.69, 9.17) is 44.3 Å². The Morgan fingerprint density at radius 1 is 1.13 bits per heavy atom. The van der Waals surface area contributed by atoms with Gasteiger partial charge in [0.05, 0.1) is 17.2 Å². The third-order valence-electron chi connectivity index (χ3n) is 4.58. The summed E-state index contributed by atoms with van der Waals surface area (Å²) in [7, 11) is 1.55. The first-order chi connectivity index (χ1) is 15.0. The van der Waals surface area contributed by atoms with Crippen LogP contribution in [0, 0.1) is 0 Å². The van der Waals surface area contributed by atoms with E-state index in [0.717, 1.165) is 5.39 Å². The summed E-state index contributed by atoms with van der Waals surface area (Å²) < 4.78 is 11.3. The number of rotatable bonds is 6. The second-order valence-electron chi connectivity index (χ2n) is 6.40. The van der Waals surface area contributed by atoms with Gasteiger partial charge in [0.15, 0.2) is 0 Å². The van der Waals surface area contributed by atoms with Crippen LogP contribution in [0.2, 0.25) is 15.2 Å². The van der Waals surface area contributed by atoms with Gasteiger partial charge in [0, 0.05) is 41.3 Å². The maximum Gasteiger partial charge on any atom is 0.368 e. The van der Waals surface area contributed by atoms with Gasteiger partial charge in [-0.1, -0.05) is 40.9 Å². The highest BCUT2D eigenvalue weighted by atomic mass is 35.5. The predicted octanol–water partition coefficient (Wildman–Crippen LogP) is 6.20. The van der Waals surface area contributed by atoms with E-state index in [1.807, 2.05) is 12.1 Å². The van der Waals surface area contributed by atoms with Crippen molar-refractivity contribution in [2.24, 2.45) is 0 Å². The lowest BCUT2D eigenvalue weighted by Crippen LogP contribution is -2.15.